The van der Waals surface area contributed by atoms with Crippen molar-refractivity contribution in [3.05, 3.63) is 51.0 Å². The van der Waals surface area contributed by atoms with Crippen LogP contribution >= 0.6 is 27.5 Å². The topological polar surface area (TPSA) is 75.3 Å². The lowest BCUT2D eigenvalue weighted by molar-refractivity contribution is 0.0698. The highest BCUT2D eigenvalue weighted by atomic mass is 79.9. The van der Waals surface area contributed by atoms with E-state index >= 15 is 0 Å². The van der Waals surface area contributed by atoms with Crippen LogP contribution in [0.3, 0.4) is 0 Å². The first-order chi connectivity index (χ1) is 9.38. The van der Waals surface area contributed by atoms with E-state index in [9.17, 15) is 4.79 Å². The van der Waals surface area contributed by atoms with E-state index in [-0.39, 0.29) is 11.3 Å². The molecular weight excluding hydrogens is 344 g/mol. The van der Waals surface area contributed by atoms with E-state index in [4.69, 9.17) is 22.4 Å². The molecule has 0 aliphatic rings. The van der Waals surface area contributed by atoms with Gasteiger partial charge in [0, 0.05) is 15.8 Å². The van der Waals surface area contributed by atoms with Crippen molar-refractivity contribution in [2.75, 3.05) is 11.1 Å². The number of hydrogen-bond donors (Lipinski definition) is 3. The van der Waals surface area contributed by atoms with Crippen LogP contribution in [0.1, 0.15) is 15.9 Å². The third kappa shape index (κ3) is 3.05. The molecule has 4 N–H and O–H groups in total. The molecule has 0 aromatic heterocycles. The molecule has 0 atom stereocenters. The number of carboxylic acid groups (broad SMARTS) is 1. The van der Waals surface area contributed by atoms with Crippen LogP contribution in [-0.2, 0) is 0 Å². The summed E-state index contributed by atoms with van der Waals surface area (Å²) >= 11 is 9.45. The first-order valence-corrected chi connectivity index (χ1v) is 6.91. The van der Waals surface area contributed by atoms with Crippen molar-refractivity contribution >= 4 is 50.6 Å². The molecule has 2 aromatic carbocycles. The van der Waals surface area contributed by atoms with Gasteiger partial charge >= 0.3 is 5.97 Å². The Balaban J connectivity index is 2.41. The van der Waals surface area contributed by atoms with Crippen molar-refractivity contribution in [1.29, 1.82) is 0 Å². The maximum atomic E-state index is 11.2. The molecule has 6 heteroatoms. The highest BCUT2D eigenvalue weighted by molar-refractivity contribution is 9.10. The average molecular weight is 356 g/mol. The zero-order valence-electron chi connectivity index (χ0n) is 10.6. The van der Waals surface area contributed by atoms with Gasteiger partial charge in [-0.1, -0.05) is 27.5 Å². The summed E-state index contributed by atoms with van der Waals surface area (Å²) in [6.07, 6.45) is 0. The van der Waals surface area contributed by atoms with E-state index in [0.29, 0.717) is 22.0 Å². The quantitative estimate of drug-likeness (QED) is 0.712. The van der Waals surface area contributed by atoms with Gasteiger partial charge in [0.15, 0.2) is 0 Å². The molecule has 0 amide bonds. The van der Waals surface area contributed by atoms with Crippen LogP contribution in [0.5, 0.6) is 0 Å². The minimum absolute atomic E-state index is 0.0701. The summed E-state index contributed by atoms with van der Waals surface area (Å²) in [4.78, 5) is 11.2. The number of nitrogen functional groups attached to an aromatic ring is 1. The number of aryl methyl sites for hydroxylation is 1. The van der Waals surface area contributed by atoms with Crippen molar-refractivity contribution in [3.8, 4) is 0 Å². The van der Waals surface area contributed by atoms with Crippen LogP contribution in [0, 0.1) is 6.92 Å². The van der Waals surface area contributed by atoms with Gasteiger partial charge in [0.1, 0.15) is 0 Å². The second-order valence-corrected chi connectivity index (χ2v) is 5.63. The molecule has 20 heavy (non-hydrogen) atoms. The van der Waals surface area contributed by atoms with Crippen LogP contribution in [-0.4, -0.2) is 11.1 Å². The highest BCUT2D eigenvalue weighted by Crippen LogP contribution is 2.30. The van der Waals surface area contributed by atoms with Crippen molar-refractivity contribution < 1.29 is 9.90 Å². The normalized spacial score (nSPS) is 10.3. The Hall–Kier alpha value is -1.72. The van der Waals surface area contributed by atoms with Crippen LogP contribution < -0.4 is 11.1 Å². The van der Waals surface area contributed by atoms with E-state index in [1.807, 2.05) is 6.07 Å². The molecule has 0 aliphatic carbocycles. The molecule has 0 saturated carbocycles. The number of benzene rings is 2. The monoisotopic (exact) mass is 354 g/mol. The lowest BCUT2D eigenvalue weighted by atomic mass is 10.1. The van der Waals surface area contributed by atoms with Gasteiger partial charge < -0.3 is 16.2 Å². The summed E-state index contributed by atoms with van der Waals surface area (Å²) in [7, 11) is 0. The van der Waals surface area contributed by atoms with Gasteiger partial charge in [-0.15, -0.1) is 0 Å². The molecular formula is C14H12BrClN2O2. The number of carbonyl (C=O) groups is 1. The Morgan fingerprint density at radius 2 is 2.05 bits per heavy atom. The minimum Gasteiger partial charge on any atom is -0.478 e. The second-order valence-electron chi connectivity index (χ2n) is 4.31. The lowest BCUT2D eigenvalue weighted by Gasteiger charge is -2.12. The maximum absolute atomic E-state index is 11.2. The maximum Gasteiger partial charge on any atom is 0.337 e. The Labute approximate surface area is 129 Å². The third-order valence-corrected chi connectivity index (χ3v) is 3.63. The van der Waals surface area contributed by atoms with Crippen molar-refractivity contribution in [2.24, 2.45) is 0 Å². The van der Waals surface area contributed by atoms with E-state index in [1.165, 1.54) is 6.07 Å². The molecule has 0 fully saturated rings. The molecule has 0 spiro atoms. The number of nitrogens with two attached hydrogens (primary N) is 1. The summed E-state index contributed by atoms with van der Waals surface area (Å²) in [5, 5.41) is 12.8. The van der Waals surface area contributed by atoms with Gasteiger partial charge in [-0.3, -0.25) is 0 Å². The minimum atomic E-state index is -1.06. The van der Waals surface area contributed by atoms with Crippen LogP contribution in [0.25, 0.3) is 0 Å². The van der Waals surface area contributed by atoms with Crippen LogP contribution in [0.15, 0.2) is 34.8 Å². The molecule has 0 bridgehead atoms. The number of rotatable bonds is 3. The summed E-state index contributed by atoms with van der Waals surface area (Å²) in [5.74, 6) is -1.06. The third-order valence-electron chi connectivity index (χ3n) is 2.83. The first-order valence-electron chi connectivity index (χ1n) is 5.74. The van der Waals surface area contributed by atoms with Crippen LogP contribution in [0.2, 0.25) is 5.02 Å². The number of nitrogens with one attached hydrogen (secondary N) is 1. The number of hydrogen-bond acceptors (Lipinski definition) is 3. The van der Waals surface area contributed by atoms with Gasteiger partial charge in [-0.05, 0) is 42.8 Å². The van der Waals surface area contributed by atoms with Crippen molar-refractivity contribution in [3.63, 3.8) is 0 Å². The number of anilines is 3. The number of halogens is 2. The van der Waals surface area contributed by atoms with Gasteiger partial charge in [0.25, 0.3) is 0 Å². The fraction of sp³-hybridized carbons (Fsp3) is 0.0714. The molecule has 0 unspecified atom stereocenters. The Kier molecular flexibility index (Phi) is 4.20. The molecule has 2 aromatic rings. The van der Waals surface area contributed by atoms with Gasteiger partial charge in [0.05, 0.1) is 16.3 Å². The average Bonchev–Trinajstić information content (AvgIpc) is 2.36. The smallest absolute Gasteiger partial charge is 0.337 e. The molecule has 104 valence electrons. The van der Waals surface area contributed by atoms with E-state index in [0.717, 1.165) is 4.47 Å². The summed E-state index contributed by atoms with van der Waals surface area (Å²) in [5.41, 5.74) is 8.10. The molecule has 4 nitrogen and oxygen atoms in total. The summed E-state index contributed by atoms with van der Waals surface area (Å²) in [6.45, 7) is 1.76. The van der Waals surface area contributed by atoms with E-state index in [1.54, 1.807) is 25.1 Å². The standard InChI is InChI=1S/C14H12BrClN2O2/c1-7-4-9(6-10(13(7)17)14(19)20)18-12-3-2-8(15)5-11(12)16/h2-6,18H,17H2,1H3,(H,19,20). The number of aromatic carboxylic acids is 1. The molecule has 0 aliphatic heterocycles. The zero-order chi connectivity index (χ0) is 14.9. The van der Waals surface area contributed by atoms with Crippen molar-refractivity contribution in [1.82, 2.24) is 0 Å². The molecule has 0 heterocycles. The van der Waals surface area contributed by atoms with E-state index in [2.05, 4.69) is 21.2 Å². The molecule has 2 rings (SSSR count). The largest absolute Gasteiger partial charge is 0.478 e. The SMILES string of the molecule is Cc1cc(Nc2ccc(Br)cc2Cl)cc(C(=O)O)c1N. The van der Waals surface area contributed by atoms with Gasteiger partial charge in [0.2, 0.25) is 0 Å². The summed E-state index contributed by atoms with van der Waals surface area (Å²) < 4.78 is 0.868. The van der Waals surface area contributed by atoms with Gasteiger partial charge in [-0.2, -0.15) is 0 Å². The second kappa shape index (κ2) is 5.73. The van der Waals surface area contributed by atoms with Crippen molar-refractivity contribution in [2.45, 2.75) is 6.92 Å². The predicted molar refractivity (Wildman–Crippen MR) is 85.0 cm³/mol. The van der Waals surface area contributed by atoms with Gasteiger partial charge in [-0.25, -0.2) is 4.79 Å². The fourth-order valence-electron chi connectivity index (χ4n) is 1.79. The Bertz CT molecular complexity index is 689. The molecule has 0 saturated heterocycles. The Morgan fingerprint density at radius 3 is 2.65 bits per heavy atom. The fourth-order valence-corrected chi connectivity index (χ4v) is 2.51. The number of carboxylic acids is 1. The summed E-state index contributed by atoms with van der Waals surface area (Å²) in [6, 6.07) is 8.67. The first kappa shape index (κ1) is 14.7. The van der Waals surface area contributed by atoms with Crippen LogP contribution in [0.4, 0.5) is 17.1 Å². The predicted octanol–water partition coefficient (Wildman–Crippen LogP) is 4.43. The molecule has 0 radical (unpaired) electrons. The Morgan fingerprint density at radius 1 is 1.35 bits per heavy atom. The lowest BCUT2D eigenvalue weighted by Crippen LogP contribution is -2.05. The highest BCUT2D eigenvalue weighted by Gasteiger charge is 2.12. The zero-order valence-corrected chi connectivity index (χ0v) is 12.9. The van der Waals surface area contributed by atoms with E-state index < -0.39 is 5.97 Å².